The van der Waals surface area contributed by atoms with E-state index in [1.165, 1.54) is 16.2 Å². The first-order valence-corrected chi connectivity index (χ1v) is 10.2. The number of thiophene rings is 1. The van der Waals surface area contributed by atoms with Crippen molar-refractivity contribution in [3.63, 3.8) is 0 Å². The van der Waals surface area contributed by atoms with Crippen LogP contribution in [0.2, 0.25) is 0 Å². The molecular weight excluding hydrogens is 384 g/mol. The predicted octanol–water partition coefficient (Wildman–Crippen LogP) is 4.48. The van der Waals surface area contributed by atoms with E-state index in [1.807, 2.05) is 48.7 Å². The summed E-state index contributed by atoms with van der Waals surface area (Å²) >= 11 is 1.38. The molecule has 2 aromatic carbocycles. The van der Waals surface area contributed by atoms with Crippen molar-refractivity contribution in [2.75, 3.05) is 32.1 Å². The maximum absolute atomic E-state index is 13.0. The Morgan fingerprint density at radius 3 is 2.48 bits per heavy atom. The molecule has 1 aromatic heterocycles. The summed E-state index contributed by atoms with van der Waals surface area (Å²) in [4.78, 5) is 29.5. The number of aryl methyl sites for hydroxylation is 1. The van der Waals surface area contributed by atoms with Crippen LogP contribution in [0.25, 0.3) is 0 Å². The first-order chi connectivity index (χ1) is 14.0. The van der Waals surface area contributed by atoms with E-state index in [2.05, 4.69) is 0 Å². The number of likely N-dealkylation sites (N-methyl/N-ethyl adjacent to an activating group) is 1. The Balaban J connectivity index is 1.68. The highest BCUT2D eigenvalue weighted by Crippen LogP contribution is 2.23. The average Bonchev–Trinajstić information content (AvgIpc) is 3.27. The summed E-state index contributed by atoms with van der Waals surface area (Å²) in [5.74, 6) is 0.498. The molecule has 3 aromatic rings. The van der Waals surface area contributed by atoms with Crippen LogP contribution in [0.3, 0.4) is 0 Å². The van der Waals surface area contributed by atoms with Crippen LogP contribution in [0.5, 0.6) is 5.75 Å². The molecule has 5 nitrogen and oxygen atoms in total. The lowest BCUT2D eigenvalue weighted by Gasteiger charge is -2.23. The van der Waals surface area contributed by atoms with E-state index >= 15 is 0 Å². The van der Waals surface area contributed by atoms with Crippen LogP contribution in [-0.2, 0) is 0 Å². The molecule has 0 spiro atoms. The number of para-hydroxylation sites is 1. The number of carbonyl (C=O) groups is 2. The van der Waals surface area contributed by atoms with Crippen molar-refractivity contribution in [1.29, 1.82) is 0 Å². The maximum atomic E-state index is 13.0. The molecule has 1 heterocycles. The van der Waals surface area contributed by atoms with Crippen molar-refractivity contribution in [3.8, 4) is 5.75 Å². The van der Waals surface area contributed by atoms with Gasteiger partial charge in [-0.15, -0.1) is 11.3 Å². The molecule has 0 radical (unpaired) electrons. The number of hydrogen-bond acceptors (Lipinski definition) is 4. The second-order valence-corrected chi connectivity index (χ2v) is 7.70. The number of hydrogen-bond donors (Lipinski definition) is 0. The van der Waals surface area contributed by atoms with Crippen LogP contribution >= 0.6 is 11.3 Å². The second kappa shape index (κ2) is 9.39. The molecule has 29 heavy (non-hydrogen) atoms. The third-order valence-corrected chi connectivity index (χ3v) is 5.42. The van der Waals surface area contributed by atoms with Gasteiger partial charge in [-0.1, -0.05) is 30.3 Å². The first kappa shape index (κ1) is 20.6. The molecule has 150 valence electrons. The molecule has 0 aliphatic heterocycles. The predicted molar refractivity (Wildman–Crippen MR) is 117 cm³/mol. The lowest BCUT2D eigenvalue weighted by atomic mass is 10.1. The van der Waals surface area contributed by atoms with Crippen molar-refractivity contribution in [2.24, 2.45) is 0 Å². The van der Waals surface area contributed by atoms with Crippen molar-refractivity contribution in [2.45, 2.75) is 6.92 Å². The highest BCUT2D eigenvalue weighted by molar-refractivity contribution is 7.12. The Kier molecular flexibility index (Phi) is 6.67. The average molecular weight is 409 g/mol. The van der Waals surface area contributed by atoms with E-state index < -0.39 is 0 Å². The van der Waals surface area contributed by atoms with Gasteiger partial charge in [-0.2, -0.15) is 0 Å². The number of nitrogens with zero attached hydrogens (tertiary/aromatic N) is 2. The van der Waals surface area contributed by atoms with Crippen molar-refractivity contribution in [3.05, 3.63) is 82.0 Å². The first-order valence-electron chi connectivity index (χ1n) is 9.33. The van der Waals surface area contributed by atoms with Gasteiger partial charge in [0.25, 0.3) is 11.8 Å². The molecule has 3 rings (SSSR count). The van der Waals surface area contributed by atoms with E-state index in [0.717, 1.165) is 11.3 Å². The lowest BCUT2D eigenvalue weighted by Crippen LogP contribution is -2.33. The topological polar surface area (TPSA) is 49.9 Å². The molecule has 0 saturated heterocycles. The van der Waals surface area contributed by atoms with Gasteiger partial charge in [0.1, 0.15) is 12.4 Å². The van der Waals surface area contributed by atoms with Gasteiger partial charge in [0.2, 0.25) is 0 Å². The SMILES string of the molecule is Cc1cccc(OCCN(C)C(=O)c2ccccc2N(C)C(=O)c2cccs2)c1. The van der Waals surface area contributed by atoms with Gasteiger partial charge in [0.15, 0.2) is 0 Å². The molecule has 0 aliphatic rings. The number of benzene rings is 2. The molecule has 0 unspecified atom stereocenters. The van der Waals surface area contributed by atoms with Gasteiger partial charge in [0, 0.05) is 14.1 Å². The fraction of sp³-hybridized carbons (Fsp3) is 0.217. The Labute approximate surface area is 175 Å². The zero-order valence-electron chi connectivity index (χ0n) is 16.8. The van der Waals surface area contributed by atoms with Crippen LogP contribution in [0.15, 0.2) is 66.0 Å². The summed E-state index contributed by atoms with van der Waals surface area (Å²) in [6, 6.07) is 18.6. The quantitative estimate of drug-likeness (QED) is 0.579. The number of rotatable bonds is 7. The minimum absolute atomic E-state index is 0.134. The summed E-state index contributed by atoms with van der Waals surface area (Å²) in [6.45, 7) is 2.83. The summed E-state index contributed by atoms with van der Waals surface area (Å²) in [6.07, 6.45) is 0. The standard InChI is InChI=1S/C23H24N2O3S/c1-17-8-6-9-18(16-17)28-14-13-24(2)22(26)19-10-4-5-11-20(19)25(3)23(27)21-12-7-15-29-21/h4-12,15-16H,13-14H2,1-3H3. The monoisotopic (exact) mass is 408 g/mol. The zero-order valence-corrected chi connectivity index (χ0v) is 17.6. The van der Waals surface area contributed by atoms with E-state index in [9.17, 15) is 9.59 Å². The zero-order chi connectivity index (χ0) is 20.8. The lowest BCUT2D eigenvalue weighted by molar-refractivity contribution is 0.0774. The van der Waals surface area contributed by atoms with Gasteiger partial charge in [-0.3, -0.25) is 9.59 Å². The van der Waals surface area contributed by atoms with Crippen LogP contribution in [0.1, 0.15) is 25.6 Å². The number of anilines is 1. The number of carbonyl (C=O) groups excluding carboxylic acids is 2. The smallest absolute Gasteiger partial charge is 0.268 e. The highest BCUT2D eigenvalue weighted by atomic mass is 32.1. The van der Waals surface area contributed by atoms with E-state index in [4.69, 9.17) is 4.74 Å². The molecule has 0 bridgehead atoms. The van der Waals surface area contributed by atoms with E-state index in [1.54, 1.807) is 43.3 Å². The minimum atomic E-state index is -0.153. The Morgan fingerprint density at radius 1 is 0.966 bits per heavy atom. The Morgan fingerprint density at radius 2 is 1.76 bits per heavy atom. The molecule has 0 atom stereocenters. The van der Waals surface area contributed by atoms with Crippen LogP contribution in [0.4, 0.5) is 5.69 Å². The Hall–Kier alpha value is -3.12. The largest absolute Gasteiger partial charge is 0.492 e. The normalized spacial score (nSPS) is 10.4. The molecule has 0 aliphatic carbocycles. The number of ether oxygens (including phenoxy) is 1. The van der Waals surface area contributed by atoms with Gasteiger partial charge >= 0.3 is 0 Å². The van der Waals surface area contributed by atoms with E-state index in [0.29, 0.717) is 29.3 Å². The minimum Gasteiger partial charge on any atom is -0.492 e. The molecule has 0 N–H and O–H groups in total. The maximum Gasteiger partial charge on any atom is 0.268 e. The Bertz CT molecular complexity index is 985. The second-order valence-electron chi connectivity index (χ2n) is 6.75. The van der Waals surface area contributed by atoms with Crippen molar-refractivity contribution < 1.29 is 14.3 Å². The fourth-order valence-corrected chi connectivity index (χ4v) is 3.63. The number of amides is 2. The van der Waals surface area contributed by atoms with Gasteiger partial charge in [-0.25, -0.2) is 0 Å². The third kappa shape index (κ3) is 5.03. The summed E-state index contributed by atoms with van der Waals surface area (Å²) in [5, 5.41) is 1.86. The van der Waals surface area contributed by atoms with Crippen molar-refractivity contribution >= 4 is 28.8 Å². The third-order valence-electron chi connectivity index (χ3n) is 4.56. The van der Waals surface area contributed by atoms with Crippen LogP contribution < -0.4 is 9.64 Å². The molecule has 0 saturated carbocycles. The van der Waals surface area contributed by atoms with Gasteiger partial charge in [0.05, 0.1) is 22.7 Å². The summed E-state index contributed by atoms with van der Waals surface area (Å²) in [5.41, 5.74) is 2.19. The van der Waals surface area contributed by atoms with Crippen LogP contribution in [0, 0.1) is 6.92 Å². The van der Waals surface area contributed by atoms with Gasteiger partial charge in [-0.05, 0) is 48.2 Å². The highest BCUT2D eigenvalue weighted by Gasteiger charge is 2.22. The molecule has 6 heteroatoms. The fourth-order valence-electron chi connectivity index (χ4n) is 2.93. The van der Waals surface area contributed by atoms with Crippen LogP contribution in [-0.4, -0.2) is 44.0 Å². The molecular formula is C23H24N2O3S. The molecule has 2 amide bonds. The molecule has 0 fully saturated rings. The summed E-state index contributed by atoms with van der Waals surface area (Å²) in [7, 11) is 3.43. The van der Waals surface area contributed by atoms with Crippen molar-refractivity contribution in [1.82, 2.24) is 4.90 Å². The van der Waals surface area contributed by atoms with Gasteiger partial charge < -0.3 is 14.5 Å². The van der Waals surface area contributed by atoms with E-state index in [-0.39, 0.29) is 11.8 Å². The summed E-state index contributed by atoms with van der Waals surface area (Å²) < 4.78 is 5.75.